The fourth-order valence-electron chi connectivity index (χ4n) is 2.13. The minimum atomic E-state index is -0.289. The molecule has 5 heteroatoms. The van der Waals surface area contributed by atoms with Crippen LogP contribution in [0.1, 0.15) is 49.9 Å². The second-order valence-corrected chi connectivity index (χ2v) is 4.80. The van der Waals surface area contributed by atoms with Crippen LogP contribution in [0.2, 0.25) is 0 Å². The summed E-state index contributed by atoms with van der Waals surface area (Å²) in [5, 5.41) is 9.93. The maximum atomic E-state index is 11.7. The monoisotopic (exact) mass is 296 g/mol. The SMILES string of the molecule is CCCCCCOc1c(OC)cc(O)c(C(C)=O)c1OC. The predicted molar refractivity (Wildman–Crippen MR) is 80.9 cm³/mol. The number of hydrogen-bond donors (Lipinski definition) is 1. The van der Waals surface area contributed by atoms with E-state index in [4.69, 9.17) is 14.2 Å². The second-order valence-electron chi connectivity index (χ2n) is 4.80. The van der Waals surface area contributed by atoms with Crippen molar-refractivity contribution in [2.45, 2.75) is 39.5 Å². The van der Waals surface area contributed by atoms with Crippen molar-refractivity contribution in [3.8, 4) is 23.0 Å². The van der Waals surface area contributed by atoms with Gasteiger partial charge >= 0.3 is 0 Å². The number of aromatic hydroxyl groups is 1. The molecule has 0 unspecified atom stereocenters. The van der Waals surface area contributed by atoms with Gasteiger partial charge in [-0.05, 0) is 13.3 Å². The second kappa shape index (κ2) is 8.39. The Morgan fingerprint density at radius 3 is 2.38 bits per heavy atom. The molecule has 1 N–H and O–H groups in total. The lowest BCUT2D eigenvalue weighted by Crippen LogP contribution is -2.06. The number of Topliss-reactive ketones (excluding diaryl/α,β-unsaturated/α-hetero) is 1. The minimum absolute atomic E-state index is 0.113. The van der Waals surface area contributed by atoms with Crippen LogP contribution in [0.3, 0.4) is 0 Å². The molecule has 1 aromatic rings. The molecule has 1 aromatic carbocycles. The van der Waals surface area contributed by atoms with Crippen molar-refractivity contribution < 1.29 is 24.1 Å². The summed E-state index contributed by atoms with van der Waals surface area (Å²) in [6, 6.07) is 1.38. The van der Waals surface area contributed by atoms with Gasteiger partial charge in [-0.15, -0.1) is 0 Å². The average Bonchev–Trinajstić information content (AvgIpc) is 2.46. The first-order chi connectivity index (χ1) is 10.1. The van der Waals surface area contributed by atoms with Crippen molar-refractivity contribution in [2.75, 3.05) is 20.8 Å². The van der Waals surface area contributed by atoms with Gasteiger partial charge in [0.15, 0.2) is 17.3 Å². The summed E-state index contributed by atoms with van der Waals surface area (Å²) in [6.07, 6.45) is 4.31. The molecule has 5 nitrogen and oxygen atoms in total. The standard InChI is InChI=1S/C16H24O5/c1-5-6-7-8-9-21-15-13(19-3)10-12(18)14(11(2)17)16(15)20-4/h10,18H,5-9H2,1-4H3. The number of ketones is 1. The fraction of sp³-hybridized carbons (Fsp3) is 0.562. The lowest BCUT2D eigenvalue weighted by molar-refractivity contribution is 0.101. The number of carbonyl (C=O) groups excluding carboxylic acids is 1. The molecule has 0 aromatic heterocycles. The van der Waals surface area contributed by atoms with Gasteiger partial charge in [-0.25, -0.2) is 0 Å². The third kappa shape index (κ3) is 4.28. The Hall–Kier alpha value is -1.91. The first kappa shape index (κ1) is 17.1. The van der Waals surface area contributed by atoms with Gasteiger partial charge in [-0.2, -0.15) is 0 Å². The summed E-state index contributed by atoms with van der Waals surface area (Å²) < 4.78 is 16.2. The van der Waals surface area contributed by atoms with E-state index in [1.54, 1.807) is 0 Å². The average molecular weight is 296 g/mol. The minimum Gasteiger partial charge on any atom is -0.507 e. The molecule has 0 saturated carbocycles. The number of ether oxygens (including phenoxy) is 3. The number of benzene rings is 1. The molecule has 0 aliphatic rings. The number of methoxy groups -OCH3 is 2. The molecule has 118 valence electrons. The maximum absolute atomic E-state index is 11.7. The largest absolute Gasteiger partial charge is 0.507 e. The van der Waals surface area contributed by atoms with Gasteiger partial charge in [0.25, 0.3) is 0 Å². The summed E-state index contributed by atoms with van der Waals surface area (Å²) in [4.78, 5) is 11.7. The van der Waals surface area contributed by atoms with Gasteiger partial charge in [-0.1, -0.05) is 26.2 Å². The third-order valence-corrected chi connectivity index (χ3v) is 3.20. The quantitative estimate of drug-likeness (QED) is 0.557. The normalized spacial score (nSPS) is 10.3. The Kier molecular flexibility index (Phi) is 6.85. The molecule has 0 aliphatic carbocycles. The number of phenols is 1. The van der Waals surface area contributed by atoms with Crippen LogP contribution in [0.15, 0.2) is 6.07 Å². The molecule has 0 saturated heterocycles. The molecular formula is C16H24O5. The van der Waals surface area contributed by atoms with Crippen LogP contribution >= 0.6 is 0 Å². The highest BCUT2D eigenvalue weighted by molar-refractivity contribution is 6.01. The van der Waals surface area contributed by atoms with Crippen molar-refractivity contribution in [3.05, 3.63) is 11.6 Å². The predicted octanol–water partition coefficient (Wildman–Crippen LogP) is 3.57. The first-order valence-corrected chi connectivity index (χ1v) is 7.18. The van der Waals surface area contributed by atoms with Crippen LogP contribution in [0.5, 0.6) is 23.0 Å². The zero-order chi connectivity index (χ0) is 15.8. The number of hydrogen-bond acceptors (Lipinski definition) is 5. The number of phenolic OH excluding ortho intramolecular Hbond substituents is 1. The molecule has 0 spiro atoms. The molecule has 0 fully saturated rings. The lowest BCUT2D eigenvalue weighted by Gasteiger charge is -2.17. The topological polar surface area (TPSA) is 65.0 Å². The highest BCUT2D eigenvalue weighted by Crippen LogP contribution is 2.45. The molecule has 1 rings (SSSR count). The zero-order valence-electron chi connectivity index (χ0n) is 13.2. The summed E-state index contributed by atoms with van der Waals surface area (Å²) in [6.45, 7) is 4.02. The van der Waals surface area contributed by atoms with E-state index >= 15 is 0 Å². The highest BCUT2D eigenvalue weighted by Gasteiger charge is 2.23. The molecule has 0 bridgehead atoms. The third-order valence-electron chi connectivity index (χ3n) is 3.20. The van der Waals surface area contributed by atoms with Crippen LogP contribution in [0, 0.1) is 0 Å². The van der Waals surface area contributed by atoms with E-state index in [-0.39, 0.29) is 22.8 Å². The maximum Gasteiger partial charge on any atom is 0.204 e. The van der Waals surface area contributed by atoms with E-state index in [1.165, 1.54) is 27.2 Å². The number of unbranched alkanes of at least 4 members (excludes halogenated alkanes) is 3. The van der Waals surface area contributed by atoms with Crippen LogP contribution in [-0.4, -0.2) is 31.7 Å². The Labute approximate surface area is 125 Å². The fourth-order valence-corrected chi connectivity index (χ4v) is 2.13. The van der Waals surface area contributed by atoms with Gasteiger partial charge in [0, 0.05) is 6.07 Å². The van der Waals surface area contributed by atoms with Crippen molar-refractivity contribution in [3.63, 3.8) is 0 Å². The molecule has 0 heterocycles. The van der Waals surface area contributed by atoms with Gasteiger partial charge < -0.3 is 19.3 Å². The Balaban J connectivity index is 3.03. The van der Waals surface area contributed by atoms with Crippen molar-refractivity contribution >= 4 is 5.78 Å². The van der Waals surface area contributed by atoms with E-state index in [0.29, 0.717) is 18.1 Å². The molecule has 0 radical (unpaired) electrons. The highest BCUT2D eigenvalue weighted by atomic mass is 16.5. The van der Waals surface area contributed by atoms with Crippen LogP contribution in [0.25, 0.3) is 0 Å². The summed E-state index contributed by atoms with van der Waals surface area (Å²) in [7, 11) is 2.91. The van der Waals surface area contributed by atoms with E-state index < -0.39 is 0 Å². The summed E-state index contributed by atoms with van der Waals surface area (Å²) in [5.41, 5.74) is 0.113. The Bertz CT molecular complexity index is 482. The number of rotatable bonds is 9. The zero-order valence-corrected chi connectivity index (χ0v) is 13.2. The molecule has 0 aliphatic heterocycles. The van der Waals surface area contributed by atoms with Crippen LogP contribution in [0.4, 0.5) is 0 Å². The van der Waals surface area contributed by atoms with Crippen LogP contribution in [-0.2, 0) is 0 Å². The van der Waals surface area contributed by atoms with E-state index in [9.17, 15) is 9.90 Å². The molecular weight excluding hydrogens is 272 g/mol. The van der Waals surface area contributed by atoms with Crippen molar-refractivity contribution in [2.24, 2.45) is 0 Å². The summed E-state index contributed by atoms with van der Waals surface area (Å²) in [5.74, 6) is 0.469. The molecule has 21 heavy (non-hydrogen) atoms. The number of carbonyl (C=O) groups is 1. The summed E-state index contributed by atoms with van der Waals surface area (Å²) >= 11 is 0. The van der Waals surface area contributed by atoms with Gasteiger partial charge in [0.1, 0.15) is 11.3 Å². The molecule has 0 amide bonds. The van der Waals surface area contributed by atoms with E-state index in [1.807, 2.05) is 0 Å². The smallest absolute Gasteiger partial charge is 0.204 e. The van der Waals surface area contributed by atoms with E-state index in [2.05, 4.69) is 6.92 Å². The van der Waals surface area contributed by atoms with Crippen molar-refractivity contribution in [1.29, 1.82) is 0 Å². The molecule has 0 atom stereocenters. The lowest BCUT2D eigenvalue weighted by atomic mass is 10.1. The van der Waals surface area contributed by atoms with Crippen molar-refractivity contribution in [1.82, 2.24) is 0 Å². The Morgan fingerprint density at radius 1 is 1.14 bits per heavy atom. The Morgan fingerprint density at radius 2 is 1.86 bits per heavy atom. The van der Waals surface area contributed by atoms with Gasteiger partial charge in [-0.3, -0.25) is 4.79 Å². The van der Waals surface area contributed by atoms with Crippen LogP contribution < -0.4 is 14.2 Å². The first-order valence-electron chi connectivity index (χ1n) is 7.18. The van der Waals surface area contributed by atoms with E-state index in [0.717, 1.165) is 25.7 Å². The van der Waals surface area contributed by atoms with Gasteiger partial charge in [0.2, 0.25) is 5.75 Å². The van der Waals surface area contributed by atoms with Gasteiger partial charge in [0.05, 0.1) is 20.8 Å².